The van der Waals surface area contributed by atoms with Crippen LogP contribution in [0.4, 0.5) is 0 Å². The molecule has 0 saturated heterocycles. The van der Waals surface area contributed by atoms with Gasteiger partial charge < -0.3 is 5.11 Å². The van der Waals surface area contributed by atoms with Crippen LogP contribution in [0.1, 0.15) is 38.5 Å². The molecule has 0 unspecified atom stereocenters. The molecule has 4 saturated carbocycles. The normalized spacial score (nSPS) is 41.4. The zero-order chi connectivity index (χ0) is 12.7. The van der Waals surface area contributed by atoms with Crippen molar-refractivity contribution >= 4 is 11.8 Å². The molecule has 0 aromatic carbocycles. The molecule has 1 N–H and O–H groups in total. The summed E-state index contributed by atoms with van der Waals surface area (Å²) in [6, 6.07) is 0. The molecule has 0 aromatic heterocycles. The molecule has 18 heavy (non-hydrogen) atoms. The maximum atomic E-state index is 11.8. The number of hydrogen-bond acceptors (Lipinski definition) is 2. The van der Waals surface area contributed by atoms with Crippen molar-refractivity contribution in [2.75, 3.05) is 0 Å². The topological polar surface area (TPSA) is 54.4 Å². The summed E-state index contributed by atoms with van der Waals surface area (Å²) in [5.41, 5.74) is 0. The van der Waals surface area contributed by atoms with Gasteiger partial charge in [-0.1, -0.05) is 0 Å². The van der Waals surface area contributed by atoms with Crippen molar-refractivity contribution in [1.29, 1.82) is 0 Å². The Kier molecular flexibility index (Phi) is 3.00. The van der Waals surface area contributed by atoms with Crippen LogP contribution in [0.5, 0.6) is 0 Å². The molecule has 0 amide bonds. The molecule has 98 valence electrons. The Hall–Kier alpha value is -1.12. The van der Waals surface area contributed by atoms with Crippen LogP contribution < -0.4 is 0 Å². The lowest BCUT2D eigenvalue weighted by Crippen LogP contribution is -2.45. The molecule has 0 heterocycles. The summed E-state index contributed by atoms with van der Waals surface area (Å²) in [5, 5.41) is 8.53. The molecular weight excluding hydrogens is 228 g/mol. The second-order valence-corrected chi connectivity index (χ2v) is 6.44. The first-order valence-electron chi connectivity index (χ1n) is 7.05. The fourth-order valence-electron chi connectivity index (χ4n) is 4.84. The molecule has 3 heteroatoms. The van der Waals surface area contributed by atoms with E-state index in [4.69, 9.17) is 5.11 Å². The summed E-state index contributed by atoms with van der Waals surface area (Å²) in [4.78, 5) is 22.2. The molecule has 0 aromatic rings. The van der Waals surface area contributed by atoms with Crippen LogP contribution >= 0.6 is 0 Å². The molecule has 4 bridgehead atoms. The van der Waals surface area contributed by atoms with Gasteiger partial charge in [0, 0.05) is 12.5 Å². The van der Waals surface area contributed by atoms with Gasteiger partial charge in [-0.05, 0) is 67.8 Å². The predicted octanol–water partition coefficient (Wildman–Crippen LogP) is 2.66. The number of carbonyl (C=O) groups excluding carboxylic acids is 1. The maximum absolute atomic E-state index is 11.8. The molecule has 0 aliphatic heterocycles. The quantitative estimate of drug-likeness (QED) is 0.778. The second kappa shape index (κ2) is 4.52. The highest BCUT2D eigenvalue weighted by Gasteiger charge is 2.48. The summed E-state index contributed by atoms with van der Waals surface area (Å²) in [6.45, 7) is 0. The molecule has 4 aliphatic carbocycles. The molecular formula is C15H20O3. The zero-order valence-corrected chi connectivity index (χ0v) is 10.5. The van der Waals surface area contributed by atoms with E-state index >= 15 is 0 Å². The minimum absolute atomic E-state index is 0.00475. The molecule has 0 spiro atoms. The van der Waals surface area contributed by atoms with Crippen LogP contribution in [-0.4, -0.2) is 16.9 Å². The van der Waals surface area contributed by atoms with E-state index in [-0.39, 0.29) is 5.78 Å². The van der Waals surface area contributed by atoms with E-state index in [1.54, 1.807) is 0 Å². The highest BCUT2D eigenvalue weighted by molar-refractivity contribution is 5.95. The largest absolute Gasteiger partial charge is 0.478 e. The van der Waals surface area contributed by atoms with Crippen molar-refractivity contribution < 1.29 is 14.7 Å². The third-order valence-corrected chi connectivity index (χ3v) is 5.27. The Morgan fingerprint density at radius 3 is 2.00 bits per heavy atom. The Bertz CT molecular complexity index is 369. The van der Waals surface area contributed by atoms with Gasteiger partial charge in [-0.25, -0.2) is 4.79 Å². The van der Waals surface area contributed by atoms with Gasteiger partial charge >= 0.3 is 5.97 Å². The molecule has 4 aliphatic rings. The third-order valence-electron chi connectivity index (χ3n) is 5.27. The van der Waals surface area contributed by atoms with Crippen molar-refractivity contribution in [2.24, 2.45) is 29.6 Å². The van der Waals surface area contributed by atoms with Crippen LogP contribution in [0.25, 0.3) is 0 Å². The minimum Gasteiger partial charge on any atom is -0.478 e. The summed E-state index contributed by atoms with van der Waals surface area (Å²) >= 11 is 0. The van der Waals surface area contributed by atoms with Crippen molar-refractivity contribution in [3.05, 3.63) is 12.2 Å². The van der Waals surface area contributed by atoms with E-state index in [0.717, 1.165) is 29.7 Å². The first-order valence-corrected chi connectivity index (χ1v) is 7.05. The van der Waals surface area contributed by atoms with E-state index in [9.17, 15) is 9.59 Å². The van der Waals surface area contributed by atoms with E-state index in [1.165, 1.54) is 38.2 Å². The number of rotatable bonds is 4. The fourth-order valence-corrected chi connectivity index (χ4v) is 4.84. The lowest BCUT2D eigenvalue weighted by Gasteiger charge is -2.54. The SMILES string of the molecule is O=C(O)/C=C/C(=O)CC1C2CC3CC(C2)CC1C3. The van der Waals surface area contributed by atoms with Gasteiger partial charge in [0.2, 0.25) is 0 Å². The highest BCUT2D eigenvalue weighted by Crippen LogP contribution is 2.57. The first-order chi connectivity index (χ1) is 8.61. The Morgan fingerprint density at radius 2 is 1.50 bits per heavy atom. The average molecular weight is 248 g/mol. The number of carboxylic acid groups (broad SMARTS) is 1. The number of hydrogen-bond donors (Lipinski definition) is 1. The van der Waals surface area contributed by atoms with Crippen LogP contribution in [-0.2, 0) is 9.59 Å². The molecule has 4 fully saturated rings. The van der Waals surface area contributed by atoms with Gasteiger partial charge in [-0.15, -0.1) is 0 Å². The van der Waals surface area contributed by atoms with Crippen LogP contribution in [0, 0.1) is 29.6 Å². The van der Waals surface area contributed by atoms with Crippen LogP contribution in [0.15, 0.2) is 12.2 Å². The van der Waals surface area contributed by atoms with Crippen molar-refractivity contribution in [1.82, 2.24) is 0 Å². The molecule has 0 atom stereocenters. The second-order valence-electron chi connectivity index (χ2n) is 6.44. The van der Waals surface area contributed by atoms with Gasteiger partial charge in [0.1, 0.15) is 0 Å². The predicted molar refractivity (Wildman–Crippen MR) is 66.9 cm³/mol. The van der Waals surface area contributed by atoms with E-state index in [2.05, 4.69) is 0 Å². The first kappa shape index (κ1) is 11.9. The van der Waals surface area contributed by atoms with E-state index in [0.29, 0.717) is 12.3 Å². The lowest BCUT2D eigenvalue weighted by molar-refractivity contribution is -0.131. The zero-order valence-electron chi connectivity index (χ0n) is 10.5. The van der Waals surface area contributed by atoms with Gasteiger partial charge in [0.05, 0.1) is 0 Å². The fraction of sp³-hybridized carbons (Fsp3) is 0.733. The van der Waals surface area contributed by atoms with E-state index in [1.807, 2.05) is 0 Å². The third kappa shape index (κ3) is 2.23. The minimum atomic E-state index is -1.03. The van der Waals surface area contributed by atoms with Crippen molar-refractivity contribution in [3.8, 4) is 0 Å². The summed E-state index contributed by atoms with van der Waals surface area (Å²) in [6.07, 6.45) is 9.46. The van der Waals surface area contributed by atoms with Crippen LogP contribution in [0.3, 0.4) is 0 Å². The van der Waals surface area contributed by atoms with Crippen molar-refractivity contribution in [2.45, 2.75) is 38.5 Å². The number of ketones is 1. The van der Waals surface area contributed by atoms with Crippen LogP contribution in [0.2, 0.25) is 0 Å². The lowest BCUT2D eigenvalue weighted by atomic mass is 9.51. The maximum Gasteiger partial charge on any atom is 0.328 e. The Morgan fingerprint density at radius 1 is 0.944 bits per heavy atom. The highest BCUT2D eigenvalue weighted by atomic mass is 16.4. The number of allylic oxidation sites excluding steroid dienone is 1. The standard InChI is InChI=1S/C15H20O3/c16-13(1-2-15(17)18)8-14-11-4-9-3-10(6-11)7-12(14)5-9/h1-2,9-12,14H,3-8H2,(H,17,18)/b2-1+. The average Bonchev–Trinajstić information content (AvgIpc) is 2.30. The van der Waals surface area contributed by atoms with Gasteiger partial charge in [-0.2, -0.15) is 0 Å². The molecule has 0 radical (unpaired) electrons. The Balaban J connectivity index is 1.63. The summed E-state index contributed by atoms with van der Waals surface area (Å²) < 4.78 is 0. The summed E-state index contributed by atoms with van der Waals surface area (Å²) in [7, 11) is 0. The number of carbonyl (C=O) groups is 2. The van der Waals surface area contributed by atoms with Gasteiger partial charge in [0.15, 0.2) is 5.78 Å². The number of carboxylic acids is 1. The Labute approximate surface area is 107 Å². The summed E-state index contributed by atoms with van der Waals surface area (Å²) in [5.74, 6) is 2.82. The monoisotopic (exact) mass is 248 g/mol. The number of aliphatic carboxylic acids is 1. The smallest absolute Gasteiger partial charge is 0.328 e. The van der Waals surface area contributed by atoms with Crippen molar-refractivity contribution in [3.63, 3.8) is 0 Å². The van der Waals surface area contributed by atoms with E-state index < -0.39 is 5.97 Å². The molecule has 4 rings (SSSR count). The molecule has 3 nitrogen and oxygen atoms in total. The van der Waals surface area contributed by atoms with Gasteiger partial charge in [-0.3, -0.25) is 4.79 Å². The van der Waals surface area contributed by atoms with Gasteiger partial charge in [0.25, 0.3) is 0 Å².